The smallest absolute Gasteiger partial charge is 0.351 e. The summed E-state index contributed by atoms with van der Waals surface area (Å²) in [6.45, 7) is 0. The number of rotatable bonds is 5. The van der Waals surface area contributed by atoms with Gasteiger partial charge in [-0.15, -0.1) is 0 Å². The average Bonchev–Trinajstić information content (AvgIpc) is 3.18. The summed E-state index contributed by atoms with van der Waals surface area (Å²) in [6, 6.07) is 15.4. The molecule has 8 nitrogen and oxygen atoms in total. The van der Waals surface area contributed by atoms with Crippen molar-refractivity contribution in [3.05, 3.63) is 76.6 Å². The summed E-state index contributed by atoms with van der Waals surface area (Å²) in [5.74, 6) is -1.82. The van der Waals surface area contributed by atoms with Crippen LogP contribution in [0.2, 0.25) is 0 Å². The molecule has 0 bridgehead atoms. The van der Waals surface area contributed by atoms with Gasteiger partial charge in [-0.05, 0) is 18.6 Å². The highest BCUT2D eigenvalue weighted by molar-refractivity contribution is 6.08. The molecule has 1 amide bonds. The van der Waals surface area contributed by atoms with Crippen molar-refractivity contribution in [1.29, 1.82) is 0 Å². The summed E-state index contributed by atoms with van der Waals surface area (Å²) < 4.78 is 15.5. The largest absolute Gasteiger partial charge is 0.466 e. The monoisotopic (exact) mass is 421 g/mol. The molecule has 0 spiro atoms. The van der Waals surface area contributed by atoms with Gasteiger partial charge in [0.15, 0.2) is 0 Å². The Morgan fingerprint density at radius 3 is 2.52 bits per heavy atom. The highest BCUT2D eigenvalue weighted by atomic mass is 16.6. The van der Waals surface area contributed by atoms with Crippen LogP contribution < -0.4 is 10.5 Å². The van der Waals surface area contributed by atoms with E-state index in [1.807, 2.05) is 0 Å². The second-order valence-corrected chi connectivity index (χ2v) is 7.02. The van der Waals surface area contributed by atoms with Gasteiger partial charge in [0.1, 0.15) is 11.6 Å². The van der Waals surface area contributed by atoms with E-state index in [0.717, 1.165) is 0 Å². The number of para-hydroxylation sites is 1. The van der Waals surface area contributed by atoms with Gasteiger partial charge in [-0.1, -0.05) is 42.5 Å². The van der Waals surface area contributed by atoms with Crippen molar-refractivity contribution in [2.45, 2.75) is 25.0 Å². The van der Waals surface area contributed by atoms with E-state index in [-0.39, 0.29) is 24.4 Å². The summed E-state index contributed by atoms with van der Waals surface area (Å²) in [7, 11) is 1.20. The first-order valence-corrected chi connectivity index (χ1v) is 9.68. The van der Waals surface area contributed by atoms with E-state index in [4.69, 9.17) is 13.9 Å². The molecule has 0 unspecified atom stereocenters. The fourth-order valence-corrected chi connectivity index (χ4v) is 3.68. The molecule has 31 heavy (non-hydrogen) atoms. The van der Waals surface area contributed by atoms with Crippen molar-refractivity contribution in [3.8, 4) is 0 Å². The number of hydrogen-bond acceptors (Lipinski definition) is 7. The van der Waals surface area contributed by atoms with Crippen LogP contribution in [-0.2, 0) is 23.9 Å². The summed E-state index contributed by atoms with van der Waals surface area (Å²) in [5.41, 5.74) is 0.376. The number of nitrogens with zero attached hydrogens (tertiary/aromatic N) is 1. The van der Waals surface area contributed by atoms with Crippen LogP contribution in [-0.4, -0.2) is 31.0 Å². The Kier molecular flexibility index (Phi) is 5.53. The number of ether oxygens (including phenoxy) is 2. The zero-order valence-corrected chi connectivity index (χ0v) is 16.6. The van der Waals surface area contributed by atoms with Crippen LogP contribution >= 0.6 is 0 Å². The lowest BCUT2D eigenvalue weighted by molar-refractivity contribution is -0.167. The molecule has 1 aliphatic heterocycles. The molecular formula is C23H19NO7. The molecular weight excluding hydrogens is 402 g/mol. The fourth-order valence-electron chi connectivity index (χ4n) is 3.68. The number of anilines is 1. The Bertz CT molecular complexity index is 1200. The minimum absolute atomic E-state index is 0.0998. The van der Waals surface area contributed by atoms with E-state index in [0.29, 0.717) is 16.5 Å². The van der Waals surface area contributed by atoms with E-state index in [9.17, 15) is 19.2 Å². The number of carbonyl (C=O) groups excluding carboxylic acids is 3. The number of fused-ring (bicyclic) bond motifs is 1. The third-order valence-electron chi connectivity index (χ3n) is 5.12. The van der Waals surface area contributed by atoms with Crippen LogP contribution in [0.5, 0.6) is 0 Å². The minimum atomic E-state index is -1.27. The highest BCUT2D eigenvalue weighted by Crippen LogP contribution is 2.33. The van der Waals surface area contributed by atoms with Crippen molar-refractivity contribution in [2.24, 2.45) is 0 Å². The predicted octanol–water partition coefficient (Wildman–Crippen LogP) is 2.75. The van der Waals surface area contributed by atoms with Gasteiger partial charge in [0, 0.05) is 23.4 Å². The van der Waals surface area contributed by atoms with E-state index >= 15 is 0 Å². The molecule has 0 N–H and O–H groups in total. The van der Waals surface area contributed by atoms with Crippen LogP contribution in [0.1, 0.15) is 24.5 Å². The van der Waals surface area contributed by atoms with Gasteiger partial charge in [0.25, 0.3) is 0 Å². The molecule has 158 valence electrons. The molecule has 1 fully saturated rings. The normalized spacial score (nSPS) is 16.9. The van der Waals surface area contributed by atoms with Gasteiger partial charge in [-0.25, -0.2) is 14.4 Å². The SMILES string of the molecule is COC(=O)[C@@H](OC(=O)[C@@H]1CCC(=O)N1c1cc(=O)oc2ccccc12)c1ccccc1. The Morgan fingerprint density at radius 1 is 1.06 bits per heavy atom. The van der Waals surface area contributed by atoms with Gasteiger partial charge in [-0.2, -0.15) is 0 Å². The third-order valence-corrected chi connectivity index (χ3v) is 5.12. The Balaban J connectivity index is 1.69. The van der Waals surface area contributed by atoms with Crippen LogP contribution in [0.4, 0.5) is 5.69 Å². The molecule has 8 heteroatoms. The van der Waals surface area contributed by atoms with E-state index < -0.39 is 29.7 Å². The zero-order valence-electron chi connectivity index (χ0n) is 16.6. The lowest BCUT2D eigenvalue weighted by Gasteiger charge is -2.26. The first-order valence-electron chi connectivity index (χ1n) is 9.68. The van der Waals surface area contributed by atoms with Gasteiger partial charge in [-0.3, -0.25) is 9.69 Å². The molecule has 2 aromatic carbocycles. The maximum atomic E-state index is 13.1. The van der Waals surface area contributed by atoms with Crippen molar-refractivity contribution in [3.63, 3.8) is 0 Å². The van der Waals surface area contributed by atoms with Crippen molar-refractivity contribution < 1.29 is 28.3 Å². The van der Waals surface area contributed by atoms with Crippen molar-refractivity contribution in [1.82, 2.24) is 0 Å². The predicted molar refractivity (Wildman–Crippen MR) is 110 cm³/mol. The topological polar surface area (TPSA) is 103 Å². The molecule has 0 aliphatic carbocycles. The van der Waals surface area contributed by atoms with Crippen LogP contribution in [0.15, 0.2) is 69.9 Å². The Labute approximate surface area is 177 Å². The second kappa shape index (κ2) is 8.43. The number of esters is 2. The standard InChI is InChI=1S/C23H19NO7/c1-29-23(28)21(14-7-3-2-4-8-14)31-22(27)16-11-12-19(25)24(16)17-13-20(26)30-18-10-6-5-9-15(17)18/h2-10,13,16,21H,11-12H2,1H3/t16-,21-/m0/s1. The van der Waals surface area contributed by atoms with Gasteiger partial charge in [0.2, 0.25) is 12.0 Å². The van der Waals surface area contributed by atoms with Crippen molar-refractivity contribution in [2.75, 3.05) is 12.0 Å². The summed E-state index contributed by atoms with van der Waals surface area (Å²) >= 11 is 0. The van der Waals surface area contributed by atoms with E-state index in [2.05, 4.69) is 0 Å². The van der Waals surface area contributed by atoms with Crippen LogP contribution in [0, 0.1) is 0 Å². The molecule has 1 aromatic heterocycles. The quantitative estimate of drug-likeness (QED) is 0.461. The third kappa shape index (κ3) is 3.92. The molecule has 3 aromatic rings. The number of methoxy groups -OCH3 is 1. The van der Waals surface area contributed by atoms with Crippen molar-refractivity contribution >= 4 is 34.5 Å². The highest BCUT2D eigenvalue weighted by Gasteiger charge is 2.41. The number of hydrogen-bond donors (Lipinski definition) is 0. The van der Waals surface area contributed by atoms with E-state index in [1.54, 1.807) is 54.6 Å². The van der Waals surface area contributed by atoms with Gasteiger partial charge < -0.3 is 13.9 Å². The Hall–Kier alpha value is -3.94. The number of benzene rings is 2. The molecule has 0 radical (unpaired) electrons. The molecule has 2 heterocycles. The molecule has 1 saturated heterocycles. The second-order valence-electron chi connectivity index (χ2n) is 7.02. The molecule has 4 rings (SSSR count). The summed E-state index contributed by atoms with van der Waals surface area (Å²) in [5, 5.41) is 0.516. The van der Waals surface area contributed by atoms with Crippen LogP contribution in [0.3, 0.4) is 0 Å². The molecule has 1 aliphatic rings. The Morgan fingerprint density at radius 2 is 1.77 bits per heavy atom. The van der Waals surface area contributed by atoms with Gasteiger partial charge in [0.05, 0.1) is 12.8 Å². The maximum Gasteiger partial charge on any atom is 0.351 e. The summed E-state index contributed by atoms with van der Waals surface area (Å²) in [4.78, 5) is 51.3. The maximum absolute atomic E-state index is 13.1. The summed E-state index contributed by atoms with van der Waals surface area (Å²) in [6.07, 6.45) is -0.980. The molecule has 2 atom stereocenters. The number of amides is 1. The lowest BCUT2D eigenvalue weighted by Crippen LogP contribution is -2.41. The molecule has 0 saturated carbocycles. The van der Waals surface area contributed by atoms with Gasteiger partial charge >= 0.3 is 17.6 Å². The number of carbonyl (C=O) groups is 3. The first-order chi connectivity index (χ1) is 15.0. The van der Waals surface area contributed by atoms with Crippen LogP contribution in [0.25, 0.3) is 11.0 Å². The van der Waals surface area contributed by atoms with E-state index in [1.165, 1.54) is 18.1 Å². The lowest BCUT2D eigenvalue weighted by atomic mass is 10.1. The average molecular weight is 421 g/mol. The fraction of sp³-hybridized carbons (Fsp3) is 0.217. The zero-order chi connectivity index (χ0) is 22.0. The first kappa shape index (κ1) is 20.3. The minimum Gasteiger partial charge on any atom is -0.466 e.